The lowest BCUT2D eigenvalue weighted by Crippen LogP contribution is -2.29. The summed E-state index contributed by atoms with van der Waals surface area (Å²) in [6.07, 6.45) is 0.774. The summed E-state index contributed by atoms with van der Waals surface area (Å²) >= 11 is 0. The van der Waals surface area contributed by atoms with Crippen molar-refractivity contribution in [3.05, 3.63) is 29.3 Å². The molecule has 1 aromatic carbocycles. The molecule has 0 amide bonds. The van der Waals surface area contributed by atoms with E-state index >= 15 is 0 Å². The highest BCUT2D eigenvalue weighted by Gasteiger charge is 2.31. The third kappa shape index (κ3) is 3.20. The molecule has 1 heterocycles. The summed E-state index contributed by atoms with van der Waals surface area (Å²) in [6.45, 7) is 4.07. The van der Waals surface area contributed by atoms with Crippen molar-refractivity contribution in [2.24, 2.45) is 10.9 Å². The average molecular weight is 279 g/mol. The van der Waals surface area contributed by atoms with Crippen molar-refractivity contribution >= 4 is 5.84 Å². The van der Waals surface area contributed by atoms with Crippen molar-refractivity contribution in [3.8, 4) is 5.75 Å². The molecule has 4 N–H and O–H groups in total. The van der Waals surface area contributed by atoms with Crippen LogP contribution >= 0.6 is 0 Å². The zero-order valence-corrected chi connectivity index (χ0v) is 11.8. The second-order valence-electron chi connectivity index (χ2n) is 5.48. The van der Waals surface area contributed by atoms with Crippen LogP contribution in [0, 0.1) is 0 Å². The number of likely N-dealkylation sites (tertiary alicyclic amines) is 1. The normalized spacial score (nSPS) is 24.1. The fraction of sp³-hybridized carbons (Fsp3) is 0.500. The number of aliphatic hydroxyl groups is 1. The molecule has 0 radical (unpaired) electrons. The first-order valence-corrected chi connectivity index (χ1v) is 6.55. The average Bonchev–Trinajstić information content (AvgIpc) is 2.77. The van der Waals surface area contributed by atoms with E-state index in [1.54, 1.807) is 13.2 Å². The maximum Gasteiger partial charge on any atom is 0.173 e. The number of nitrogens with two attached hydrogens (primary N) is 1. The Morgan fingerprint density at radius 2 is 2.30 bits per heavy atom. The predicted molar refractivity (Wildman–Crippen MR) is 76.0 cm³/mol. The molecule has 1 aliphatic rings. The number of nitrogens with zero attached hydrogens (tertiary/aromatic N) is 2. The van der Waals surface area contributed by atoms with Crippen LogP contribution in [0.3, 0.4) is 0 Å². The first kappa shape index (κ1) is 14.6. The lowest BCUT2D eigenvalue weighted by Gasteiger charge is -2.19. The fourth-order valence-corrected chi connectivity index (χ4v) is 2.54. The molecule has 6 nitrogen and oxygen atoms in total. The number of hydrogen-bond donors (Lipinski definition) is 3. The maximum atomic E-state index is 9.97. The molecule has 110 valence electrons. The summed E-state index contributed by atoms with van der Waals surface area (Å²) in [5.41, 5.74) is 6.65. The Labute approximate surface area is 118 Å². The standard InChI is InChI=1S/C14H21N3O3/c1-14(18)5-6-17(9-14)8-10-3-4-12(20-2)11(7-10)13(15)16-19/h3-4,7,18-19H,5-6,8-9H2,1-2H3,(H2,15,16). The minimum Gasteiger partial charge on any atom is -0.496 e. The van der Waals surface area contributed by atoms with Crippen LogP contribution in [0.1, 0.15) is 24.5 Å². The number of amidine groups is 1. The van der Waals surface area contributed by atoms with Crippen molar-refractivity contribution in [3.63, 3.8) is 0 Å². The molecular weight excluding hydrogens is 258 g/mol. The molecule has 0 bridgehead atoms. The Morgan fingerprint density at radius 3 is 2.85 bits per heavy atom. The van der Waals surface area contributed by atoms with Gasteiger partial charge in [-0.1, -0.05) is 11.2 Å². The molecule has 1 aromatic rings. The minimum absolute atomic E-state index is 0.0251. The van der Waals surface area contributed by atoms with E-state index in [0.717, 1.165) is 18.5 Å². The van der Waals surface area contributed by atoms with E-state index < -0.39 is 5.60 Å². The molecular formula is C14H21N3O3. The topological polar surface area (TPSA) is 91.3 Å². The van der Waals surface area contributed by atoms with Gasteiger partial charge in [-0.3, -0.25) is 4.90 Å². The van der Waals surface area contributed by atoms with Crippen LogP contribution < -0.4 is 10.5 Å². The van der Waals surface area contributed by atoms with Gasteiger partial charge in [0.25, 0.3) is 0 Å². The van der Waals surface area contributed by atoms with Gasteiger partial charge in [-0.25, -0.2) is 0 Å². The van der Waals surface area contributed by atoms with Crippen LogP contribution in [0.4, 0.5) is 0 Å². The van der Waals surface area contributed by atoms with Gasteiger partial charge in [0.1, 0.15) is 5.75 Å². The molecule has 6 heteroatoms. The molecule has 1 unspecified atom stereocenters. The van der Waals surface area contributed by atoms with Gasteiger partial charge in [0, 0.05) is 19.6 Å². The Bertz CT molecular complexity index is 514. The third-order valence-electron chi connectivity index (χ3n) is 3.58. The van der Waals surface area contributed by atoms with Gasteiger partial charge in [0.05, 0.1) is 18.3 Å². The smallest absolute Gasteiger partial charge is 0.173 e. The quantitative estimate of drug-likeness (QED) is 0.327. The van der Waals surface area contributed by atoms with Crippen LogP contribution in [-0.2, 0) is 6.54 Å². The van der Waals surface area contributed by atoms with Crippen molar-refractivity contribution in [2.75, 3.05) is 20.2 Å². The highest BCUT2D eigenvalue weighted by atomic mass is 16.5. The molecule has 0 aliphatic carbocycles. The lowest BCUT2D eigenvalue weighted by molar-refractivity contribution is 0.0679. The predicted octanol–water partition coefficient (Wildman–Crippen LogP) is 0.746. The van der Waals surface area contributed by atoms with Gasteiger partial charge in [-0.05, 0) is 31.0 Å². The molecule has 2 rings (SSSR count). The molecule has 1 fully saturated rings. The number of methoxy groups -OCH3 is 1. The van der Waals surface area contributed by atoms with E-state index in [4.69, 9.17) is 15.7 Å². The summed E-state index contributed by atoms with van der Waals surface area (Å²) in [6, 6.07) is 5.60. The zero-order chi connectivity index (χ0) is 14.8. The van der Waals surface area contributed by atoms with E-state index in [-0.39, 0.29) is 5.84 Å². The van der Waals surface area contributed by atoms with Gasteiger partial charge < -0.3 is 20.8 Å². The molecule has 0 spiro atoms. The molecule has 1 saturated heterocycles. The SMILES string of the molecule is COc1ccc(CN2CCC(C)(O)C2)cc1/C(N)=N/O. The Kier molecular flexibility index (Phi) is 4.15. The first-order chi connectivity index (χ1) is 9.45. The van der Waals surface area contributed by atoms with Gasteiger partial charge in [0.15, 0.2) is 5.84 Å². The molecule has 1 aliphatic heterocycles. The van der Waals surface area contributed by atoms with Gasteiger partial charge in [0.2, 0.25) is 0 Å². The van der Waals surface area contributed by atoms with E-state index in [2.05, 4.69) is 10.1 Å². The van der Waals surface area contributed by atoms with Crippen molar-refractivity contribution in [1.82, 2.24) is 4.90 Å². The summed E-state index contributed by atoms with van der Waals surface area (Å²) in [7, 11) is 1.54. The molecule has 20 heavy (non-hydrogen) atoms. The highest BCUT2D eigenvalue weighted by molar-refractivity contribution is 5.99. The van der Waals surface area contributed by atoms with E-state index in [9.17, 15) is 5.11 Å². The van der Waals surface area contributed by atoms with Crippen molar-refractivity contribution in [1.29, 1.82) is 0 Å². The van der Waals surface area contributed by atoms with Gasteiger partial charge in [-0.2, -0.15) is 0 Å². The van der Waals surface area contributed by atoms with Gasteiger partial charge >= 0.3 is 0 Å². The zero-order valence-electron chi connectivity index (χ0n) is 11.8. The van der Waals surface area contributed by atoms with E-state index in [0.29, 0.717) is 24.4 Å². The fourth-order valence-electron chi connectivity index (χ4n) is 2.54. The first-order valence-electron chi connectivity index (χ1n) is 6.55. The second-order valence-corrected chi connectivity index (χ2v) is 5.48. The van der Waals surface area contributed by atoms with Gasteiger partial charge in [-0.15, -0.1) is 0 Å². The highest BCUT2D eigenvalue weighted by Crippen LogP contribution is 2.24. The van der Waals surface area contributed by atoms with Crippen LogP contribution in [0.5, 0.6) is 5.75 Å². The van der Waals surface area contributed by atoms with Crippen LogP contribution in [0.2, 0.25) is 0 Å². The summed E-state index contributed by atoms with van der Waals surface area (Å²) in [4.78, 5) is 2.18. The second kappa shape index (κ2) is 5.68. The van der Waals surface area contributed by atoms with Crippen LogP contribution in [0.25, 0.3) is 0 Å². The molecule has 0 aromatic heterocycles. The summed E-state index contributed by atoms with van der Waals surface area (Å²) in [5.74, 6) is 0.592. The number of ether oxygens (including phenoxy) is 1. The number of hydrogen-bond acceptors (Lipinski definition) is 5. The maximum absolute atomic E-state index is 9.97. The van der Waals surface area contributed by atoms with Crippen LogP contribution in [0.15, 0.2) is 23.4 Å². The van der Waals surface area contributed by atoms with E-state index in [1.807, 2.05) is 19.1 Å². The van der Waals surface area contributed by atoms with Crippen LogP contribution in [-0.4, -0.2) is 46.8 Å². The van der Waals surface area contributed by atoms with Crippen molar-refractivity contribution < 1.29 is 15.1 Å². The number of benzene rings is 1. The molecule has 0 saturated carbocycles. The minimum atomic E-state index is -0.610. The van der Waals surface area contributed by atoms with Crippen molar-refractivity contribution in [2.45, 2.75) is 25.5 Å². The lowest BCUT2D eigenvalue weighted by atomic mass is 10.1. The monoisotopic (exact) mass is 279 g/mol. The number of oxime groups is 1. The number of β-amino-alcohol motifs (C(OH)–C–C–N with tert-alkyl or cyclic N) is 1. The Morgan fingerprint density at radius 1 is 1.55 bits per heavy atom. The summed E-state index contributed by atoms with van der Waals surface area (Å²) < 4.78 is 5.20. The Balaban J connectivity index is 2.17. The molecule has 1 atom stereocenters. The Hall–Kier alpha value is -1.79. The largest absolute Gasteiger partial charge is 0.496 e. The summed E-state index contributed by atoms with van der Waals surface area (Å²) in [5, 5.41) is 21.8. The third-order valence-corrected chi connectivity index (χ3v) is 3.58. The number of rotatable bonds is 4. The van der Waals surface area contributed by atoms with E-state index in [1.165, 1.54) is 0 Å².